The number of esters is 1. The van der Waals surface area contributed by atoms with E-state index in [-0.39, 0.29) is 11.9 Å². The summed E-state index contributed by atoms with van der Waals surface area (Å²) in [5, 5.41) is 3.38. The molecule has 1 fully saturated rings. The number of hydrogen-bond acceptors (Lipinski definition) is 6. The molecule has 1 N–H and O–H groups in total. The van der Waals surface area contributed by atoms with Crippen LogP contribution in [0.2, 0.25) is 0 Å². The van der Waals surface area contributed by atoms with Crippen molar-refractivity contribution in [2.45, 2.75) is 33.2 Å². The lowest BCUT2D eigenvalue weighted by molar-refractivity contribution is -0.149. The van der Waals surface area contributed by atoms with Crippen molar-refractivity contribution in [1.82, 2.24) is 15.2 Å². The van der Waals surface area contributed by atoms with Gasteiger partial charge in [-0.15, -0.1) is 0 Å². The summed E-state index contributed by atoms with van der Waals surface area (Å²) in [7, 11) is 1.77. The van der Waals surface area contributed by atoms with Crippen LogP contribution in [0.4, 0.5) is 0 Å². The number of rotatable bonds is 8. The predicted molar refractivity (Wildman–Crippen MR) is 123 cm³/mol. The Kier molecular flexibility index (Phi) is 8.71. The van der Waals surface area contributed by atoms with E-state index in [0.717, 1.165) is 37.5 Å². The summed E-state index contributed by atoms with van der Waals surface area (Å²) in [6, 6.07) is 11.4. The number of likely N-dealkylation sites (tertiary alicyclic amines) is 1. The first-order chi connectivity index (χ1) is 15.6. The third-order valence-electron chi connectivity index (χ3n) is 5.24. The van der Waals surface area contributed by atoms with Crippen LogP contribution in [0, 0.1) is 5.92 Å². The molecule has 1 saturated heterocycles. The van der Waals surface area contributed by atoms with Crippen LogP contribution in [-0.2, 0) is 16.1 Å². The molecule has 0 bridgehead atoms. The number of aromatic nitrogens is 1. The van der Waals surface area contributed by atoms with E-state index in [1.165, 1.54) is 0 Å². The highest BCUT2D eigenvalue weighted by Gasteiger charge is 2.27. The zero-order valence-electron chi connectivity index (χ0n) is 19.0. The first-order valence-corrected chi connectivity index (χ1v) is 11.1. The van der Waals surface area contributed by atoms with E-state index < -0.39 is 0 Å². The number of aliphatic imine (C=N–C) groups is 1. The second kappa shape index (κ2) is 11.9. The molecule has 172 valence electrons. The number of benzene rings is 1. The predicted octanol–water partition coefficient (Wildman–Crippen LogP) is 3.62. The molecule has 3 rings (SSSR count). The van der Waals surface area contributed by atoms with Crippen LogP contribution in [-0.4, -0.2) is 55.2 Å². The summed E-state index contributed by atoms with van der Waals surface area (Å²) in [5.74, 6) is 2.54. The zero-order chi connectivity index (χ0) is 22.8. The molecule has 2 heterocycles. The molecule has 0 saturated carbocycles. The fraction of sp³-hybridized carbons (Fsp3) is 0.458. The maximum absolute atomic E-state index is 11.9. The Morgan fingerprint density at radius 1 is 1.12 bits per heavy atom. The summed E-state index contributed by atoms with van der Waals surface area (Å²) in [6.45, 7) is 6.91. The molecule has 1 aromatic heterocycles. The minimum atomic E-state index is -0.0904. The average Bonchev–Trinajstić information content (AvgIpc) is 2.82. The van der Waals surface area contributed by atoms with Gasteiger partial charge in [0.25, 0.3) is 0 Å². The van der Waals surface area contributed by atoms with Crippen LogP contribution in [0.15, 0.2) is 47.6 Å². The van der Waals surface area contributed by atoms with Gasteiger partial charge in [0.15, 0.2) is 17.5 Å². The minimum absolute atomic E-state index is 0.0195. The van der Waals surface area contributed by atoms with Gasteiger partial charge in [-0.3, -0.25) is 9.79 Å². The first kappa shape index (κ1) is 23.4. The Balaban J connectivity index is 1.51. The number of ether oxygens (including phenoxy) is 3. The standard InChI is InChI=1S/C24H32N4O4/c1-4-30-20-8-6-7-9-21(20)32-22-11-10-18(16-26-22)17-27-24(25-3)28-14-12-19(13-15-28)23(29)31-5-2/h6-11,16,19H,4-5,12-15,17H2,1-3H3,(H,25,27). The van der Waals surface area contributed by atoms with Crippen LogP contribution in [0.25, 0.3) is 0 Å². The number of guanidine groups is 1. The van der Waals surface area contributed by atoms with Crippen molar-refractivity contribution in [1.29, 1.82) is 0 Å². The number of para-hydroxylation sites is 2. The largest absolute Gasteiger partial charge is 0.490 e. The van der Waals surface area contributed by atoms with Crippen LogP contribution in [0.5, 0.6) is 17.4 Å². The molecule has 0 unspecified atom stereocenters. The molecule has 0 amide bonds. The molecule has 0 atom stereocenters. The smallest absolute Gasteiger partial charge is 0.309 e. The zero-order valence-corrected chi connectivity index (χ0v) is 19.0. The molecule has 0 radical (unpaired) electrons. The Labute approximate surface area is 189 Å². The van der Waals surface area contributed by atoms with E-state index in [0.29, 0.717) is 37.1 Å². The number of pyridine rings is 1. The van der Waals surface area contributed by atoms with Crippen molar-refractivity contribution in [3.63, 3.8) is 0 Å². The second-order valence-electron chi connectivity index (χ2n) is 7.40. The molecule has 32 heavy (non-hydrogen) atoms. The highest BCUT2D eigenvalue weighted by molar-refractivity contribution is 5.80. The van der Waals surface area contributed by atoms with Crippen molar-refractivity contribution in [2.75, 3.05) is 33.4 Å². The van der Waals surface area contributed by atoms with E-state index in [9.17, 15) is 4.79 Å². The SMILES string of the molecule is CCOC(=O)C1CCN(C(=NC)NCc2ccc(Oc3ccccc3OCC)nc2)CC1. The number of nitrogens with one attached hydrogen (secondary N) is 1. The molecule has 1 aliphatic rings. The summed E-state index contributed by atoms with van der Waals surface area (Å²) in [6.07, 6.45) is 3.33. The quantitative estimate of drug-likeness (QED) is 0.381. The molecular weight excluding hydrogens is 408 g/mol. The normalized spacial score (nSPS) is 14.7. The molecular formula is C24H32N4O4. The number of nitrogens with zero attached hydrogens (tertiary/aromatic N) is 3. The van der Waals surface area contributed by atoms with Gasteiger partial charge in [-0.1, -0.05) is 18.2 Å². The molecule has 8 nitrogen and oxygen atoms in total. The number of piperidine rings is 1. The van der Waals surface area contributed by atoms with Gasteiger partial charge in [-0.25, -0.2) is 4.98 Å². The van der Waals surface area contributed by atoms with Crippen LogP contribution >= 0.6 is 0 Å². The molecule has 2 aromatic rings. The van der Waals surface area contributed by atoms with Crippen molar-refractivity contribution in [2.24, 2.45) is 10.9 Å². The summed E-state index contributed by atoms with van der Waals surface area (Å²) in [4.78, 5) is 22.9. The highest BCUT2D eigenvalue weighted by Crippen LogP contribution is 2.30. The van der Waals surface area contributed by atoms with Gasteiger partial charge < -0.3 is 24.4 Å². The van der Waals surface area contributed by atoms with Crippen molar-refractivity contribution in [3.05, 3.63) is 48.2 Å². The lowest BCUT2D eigenvalue weighted by Gasteiger charge is -2.33. The van der Waals surface area contributed by atoms with E-state index in [1.54, 1.807) is 13.2 Å². The van der Waals surface area contributed by atoms with E-state index >= 15 is 0 Å². The van der Waals surface area contributed by atoms with Gasteiger partial charge in [0, 0.05) is 38.9 Å². The van der Waals surface area contributed by atoms with Crippen LogP contribution in [0.3, 0.4) is 0 Å². The van der Waals surface area contributed by atoms with Gasteiger partial charge >= 0.3 is 5.97 Å². The van der Waals surface area contributed by atoms with Crippen molar-refractivity contribution in [3.8, 4) is 17.4 Å². The lowest BCUT2D eigenvalue weighted by atomic mass is 9.97. The van der Waals surface area contributed by atoms with Gasteiger partial charge in [0.1, 0.15) is 0 Å². The van der Waals surface area contributed by atoms with Crippen molar-refractivity contribution < 1.29 is 19.0 Å². The van der Waals surface area contributed by atoms with Crippen LogP contribution < -0.4 is 14.8 Å². The minimum Gasteiger partial charge on any atom is -0.490 e. The Morgan fingerprint density at radius 3 is 2.50 bits per heavy atom. The van der Waals surface area contributed by atoms with Gasteiger partial charge in [0.2, 0.25) is 5.88 Å². The van der Waals surface area contributed by atoms with E-state index in [1.807, 2.05) is 50.2 Å². The second-order valence-corrected chi connectivity index (χ2v) is 7.40. The Morgan fingerprint density at radius 2 is 1.88 bits per heavy atom. The molecule has 1 aromatic carbocycles. The van der Waals surface area contributed by atoms with Crippen molar-refractivity contribution >= 4 is 11.9 Å². The number of carbonyl (C=O) groups is 1. The fourth-order valence-electron chi connectivity index (χ4n) is 3.60. The van der Waals surface area contributed by atoms with E-state index in [2.05, 4.69) is 20.2 Å². The number of carbonyl (C=O) groups excluding carboxylic acids is 1. The maximum atomic E-state index is 11.9. The Hall–Kier alpha value is -3.29. The fourth-order valence-corrected chi connectivity index (χ4v) is 3.60. The average molecular weight is 441 g/mol. The van der Waals surface area contributed by atoms with Gasteiger partial charge in [-0.2, -0.15) is 0 Å². The molecule has 1 aliphatic heterocycles. The third kappa shape index (κ3) is 6.35. The lowest BCUT2D eigenvalue weighted by Crippen LogP contribution is -2.46. The molecule has 0 spiro atoms. The van der Waals surface area contributed by atoms with Gasteiger partial charge in [0.05, 0.1) is 19.1 Å². The topological polar surface area (TPSA) is 85.3 Å². The van der Waals surface area contributed by atoms with E-state index in [4.69, 9.17) is 14.2 Å². The maximum Gasteiger partial charge on any atom is 0.309 e. The summed E-state index contributed by atoms with van der Waals surface area (Å²) >= 11 is 0. The third-order valence-corrected chi connectivity index (χ3v) is 5.24. The summed E-state index contributed by atoms with van der Waals surface area (Å²) < 4.78 is 16.6. The monoisotopic (exact) mass is 440 g/mol. The van der Waals surface area contributed by atoms with Crippen LogP contribution in [0.1, 0.15) is 32.3 Å². The Bertz CT molecular complexity index is 893. The number of hydrogen-bond donors (Lipinski definition) is 1. The molecule has 0 aliphatic carbocycles. The molecule has 8 heteroatoms. The highest BCUT2D eigenvalue weighted by atomic mass is 16.5. The summed E-state index contributed by atoms with van der Waals surface area (Å²) in [5.41, 5.74) is 1.01. The van der Waals surface area contributed by atoms with Gasteiger partial charge in [-0.05, 0) is 44.4 Å². The first-order valence-electron chi connectivity index (χ1n) is 11.1.